The fourth-order valence-corrected chi connectivity index (χ4v) is 3.52. The summed E-state index contributed by atoms with van der Waals surface area (Å²) in [7, 11) is 0. The van der Waals surface area contributed by atoms with Crippen LogP contribution >= 0.6 is 11.8 Å². The molecule has 0 unspecified atom stereocenters. The van der Waals surface area contributed by atoms with Crippen LogP contribution in [0.4, 0.5) is 13.2 Å². The second kappa shape index (κ2) is 6.35. The van der Waals surface area contributed by atoms with Gasteiger partial charge in [0.1, 0.15) is 6.61 Å². The number of halogens is 3. The zero-order valence-corrected chi connectivity index (χ0v) is 11.4. The van der Waals surface area contributed by atoms with E-state index in [1.54, 1.807) is 16.7 Å². The Morgan fingerprint density at radius 3 is 2.47 bits per heavy atom. The van der Waals surface area contributed by atoms with Crippen molar-refractivity contribution in [1.29, 1.82) is 0 Å². The molecule has 0 aromatic rings. The normalized spacial score (nSPS) is 21.7. The van der Waals surface area contributed by atoms with Crippen molar-refractivity contribution in [2.24, 2.45) is 0 Å². The molecule has 2 rings (SSSR count). The number of ether oxygens (including phenoxy) is 1. The van der Waals surface area contributed by atoms with Crippen LogP contribution in [0.5, 0.6) is 0 Å². The van der Waals surface area contributed by atoms with E-state index in [1.165, 1.54) is 25.7 Å². The van der Waals surface area contributed by atoms with Gasteiger partial charge in [0, 0.05) is 18.3 Å². The molecule has 3 nitrogen and oxygen atoms in total. The predicted molar refractivity (Wildman–Crippen MR) is 67.1 cm³/mol. The highest BCUT2D eigenvalue weighted by molar-refractivity contribution is 8.00. The minimum absolute atomic E-state index is 0.0174. The predicted octanol–water partition coefficient (Wildman–Crippen LogP) is 2.45. The van der Waals surface area contributed by atoms with Crippen molar-refractivity contribution in [2.75, 3.05) is 25.4 Å². The van der Waals surface area contributed by atoms with Crippen LogP contribution in [0.15, 0.2) is 0 Å². The van der Waals surface area contributed by atoms with Gasteiger partial charge in [0.15, 0.2) is 0 Å². The van der Waals surface area contributed by atoms with E-state index >= 15 is 0 Å². The standard InChI is InChI=1S/C12H18F3NO2S/c13-12(14,15)8-18-9-5-16(6-9)11(17)7-19-10-3-1-2-4-10/h9-10H,1-8H2. The molecule has 1 saturated heterocycles. The number of hydrogen-bond donors (Lipinski definition) is 0. The summed E-state index contributed by atoms with van der Waals surface area (Å²) in [6.45, 7) is -0.642. The van der Waals surface area contributed by atoms with Crippen LogP contribution in [0.3, 0.4) is 0 Å². The number of rotatable bonds is 5. The summed E-state index contributed by atoms with van der Waals surface area (Å²) in [5, 5.41) is 0.586. The largest absolute Gasteiger partial charge is 0.411 e. The highest BCUT2D eigenvalue weighted by Crippen LogP contribution is 2.30. The quantitative estimate of drug-likeness (QED) is 0.780. The maximum absolute atomic E-state index is 11.9. The van der Waals surface area contributed by atoms with E-state index in [0.717, 1.165) is 0 Å². The van der Waals surface area contributed by atoms with Gasteiger partial charge in [-0.05, 0) is 12.8 Å². The van der Waals surface area contributed by atoms with Gasteiger partial charge in [-0.1, -0.05) is 12.8 Å². The number of nitrogens with zero attached hydrogens (tertiary/aromatic N) is 1. The molecule has 0 aromatic carbocycles. The number of amides is 1. The zero-order valence-electron chi connectivity index (χ0n) is 10.6. The molecule has 0 bridgehead atoms. The summed E-state index contributed by atoms with van der Waals surface area (Å²) in [5.41, 5.74) is 0. The third-order valence-electron chi connectivity index (χ3n) is 3.43. The molecule has 2 aliphatic rings. The number of carbonyl (C=O) groups excluding carboxylic acids is 1. The van der Waals surface area contributed by atoms with Crippen molar-refractivity contribution < 1.29 is 22.7 Å². The van der Waals surface area contributed by atoms with Gasteiger partial charge < -0.3 is 9.64 Å². The van der Waals surface area contributed by atoms with E-state index in [1.807, 2.05) is 0 Å². The average molecular weight is 297 g/mol. The zero-order chi connectivity index (χ0) is 13.9. The molecule has 7 heteroatoms. The number of likely N-dealkylation sites (tertiary alicyclic amines) is 1. The lowest BCUT2D eigenvalue weighted by molar-refractivity contribution is -0.199. The number of alkyl halides is 3. The van der Waals surface area contributed by atoms with Crippen molar-refractivity contribution in [3.05, 3.63) is 0 Å². The molecule has 1 aliphatic carbocycles. The average Bonchev–Trinajstić information content (AvgIpc) is 2.75. The Labute approximate surface area is 114 Å². The second-order valence-corrected chi connectivity index (χ2v) is 6.35. The van der Waals surface area contributed by atoms with Crippen molar-refractivity contribution in [1.82, 2.24) is 4.90 Å². The minimum atomic E-state index is -4.29. The van der Waals surface area contributed by atoms with Gasteiger partial charge in [-0.2, -0.15) is 13.2 Å². The highest BCUT2D eigenvalue weighted by atomic mass is 32.2. The van der Waals surface area contributed by atoms with Crippen LogP contribution in [-0.4, -0.2) is 53.8 Å². The van der Waals surface area contributed by atoms with Crippen LogP contribution in [-0.2, 0) is 9.53 Å². The summed E-state index contributed by atoms with van der Waals surface area (Å²) in [6, 6.07) is 0. The van der Waals surface area contributed by atoms with Gasteiger partial charge in [-0.25, -0.2) is 0 Å². The molecule has 1 aliphatic heterocycles. The van der Waals surface area contributed by atoms with Crippen LogP contribution < -0.4 is 0 Å². The summed E-state index contributed by atoms with van der Waals surface area (Å²) >= 11 is 1.68. The van der Waals surface area contributed by atoms with E-state index in [-0.39, 0.29) is 5.91 Å². The Hall–Kier alpha value is -0.430. The molecule has 0 spiro atoms. The van der Waals surface area contributed by atoms with E-state index in [0.29, 0.717) is 24.1 Å². The maximum Gasteiger partial charge on any atom is 0.411 e. The lowest BCUT2D eigenvalue weighted by atomic mass is 10.2. The first-order chi connectivity index (χ1) is 8.94. The third kappa shape index (κ3) is 4.87. The molecule has 0 radical (unpaired) electrons. The molecule has 0 aromatic heterocycles. The van der Waals surface area contributed by atoms with Gasteiger partial charge in [0.2, 0.25) is 5.91 Å². The number of thioether (sulfide) groups is 1. The van der Waals surface area contributed by atoms with Crippen molar-refractivity contribution >= 4 is 17.7 Å². The molecule has 1 amide bonds. The Kier molecular flexibility index (Phi) is 5.00. The number of hydrogen-bond acceptors (Lipinski definition) is 3. The first kappa shape index (κ1) is 15.0. The van der Waals surface area contributed by atoms with Crippen LogP contribution in [0.1, 0.15) is 25.7 Å². The van der Waals surface area contributed by atoms with Gasteiger partial charge in [0.25, 0.3) is 0 Å². The summed E-state index contributed by atoms with van der Waals surface area (Å²) < 4.78 is 40.4. The van der Waals surface area contributed by atoms with E-state index in [4.69, 9.17) is 0 Å². The molecule has 2 fully saturated rings. The highest BCUT2D eigenvalue weighted by Gasteiger charge is 2.35. The van der Waals surface area contributed by atoms with Crippen molar-refractivity contribution in [3.8, 4) is 0 Å². The van der Waals surface area contributed by atoms with Crippen molar-refractivity contribution in [2.45, 2.75) is 43.2 Å². The minimum Gasteiger partial charge on any atom is -0.365 e. The molecular weight excluding hydrogens is 279 g/mol. The van der Waals surface area contributed by atoms with Gasteiger partial charge >= 0.3 is 6.18 Å². The fraction of sp³-hybridized carbons (Fsp3) is 0.917. The lowest BCUT2D eigenvalue weighted by Gasteiger charge is -2.39. The Morgan fingerprint density at radius 1 is 1.26 bits per heavy atom. The summed E-state index contributed by atoms with van der Waals surface area (Å²) in [5.74, 6) is 0.458. The van der Waals surface area contributed by atoms with Gasteiger partial charge in [-0.15, -0.1) is 11.8 Å². The van der Waals surface area contributed by atoms with E-state index < -0.39 is 18.9 Å². The van der Waals surface area contributed by atoms with Crippen LogP contribution in [0.25, 0.3) is 0 Å². The Morgan fingerprint density at radius 2 is 1.89 bits per heavy atom. The molecule has 1 saturated carbocycles. The second-order valence-electron chi connectivity index (χ2n) is 5.06. The lowest BCUT2D eigenvalue weighted by Crippen LogP contribution is -2.56. The van der Waals surface area contributed by atoms with Crippen molar-refractivity contribution in [3.63, 3.8) is 0 Å². The molecule has 1 heterocycles. The first-order valence-electron chi connectivity index (χ1n) is 6.52. The molecule has 0 atom stereocenters. The van der Waals surface area contributed by atoms with Crippen LogP contribution in [0, 0.1) is 0 Å². The summed E-state index contributed by atoms with van der Waals surface area (Å²) in [6.07, 6.45) is 0.0844. The summed E-state index contributed by atoms with van der Waals surface area (Å²) in [4.78, 5) is 13.3. The third-order valence-corrected chi connectivity index (χ3v) is 4.78. The first-order valence-corrected chi connectivity index (χ1v) is 7.56. The fourth-order valence-electron chi connectivity index (χ4n) is 2.29. The van der Waals surface area contributed by atoms with Gasteiger partial charge in [0.05, 0.1) is 11.9 Å². The topological polar surface area (TPSA) is 29.5 Å². The van der Waals surface area contributed by atoms with E-state index in [2.05, 4.69) is 4.74 Å². The maximum atomic E-state index is 11.9. The van der Waals surface area contributed by atoms with Crippen LogP contribution in [0.2, 0.25) is 0 Å². The smallest absolute Gasteiger partial charge is 0.365 e. The Bertz CT molecular complexity index is 313. The van der Waals surface area contributed by atoms with Gasteiger partial charge in [-0.3, -0.25) is 4.79 Å². The molecular formula is C12H18F3NO2S. The molecule has 110 valence electrons. The van der Waals surface area contributed by atoms with E-state index in [9.17, 15) is 18.0 Å². The molecule has 0 N–H and O–H groups in total. The number of carbonyl (C=O) groups is 1. The molecule has 19 heavy (non-hydrogen) atoms. The Balaban J connectivity index is 1.56. The SMILES string of the molecule is O=C(CSC1CCCC1)N1CC(OCC(F)(F)F)C1. The monoisotopic (exact) mass is 297 g/mol.